The van der Waals surface area contributed by atoms with Gasteiger partial charge in [0.15, 0.2) is 0 Å². The Balaban J connectivity index is 1.46. The minimum absolute atomic E-state index is 0.0704. The molecule has 1 saturated heterocycles. The summed E-state index contributed by atoms with van der Waals surface area (Å²) in [6.45, 7) is 2.17. The molecule has 1 amide bonds. The average Bonchev–Trinajstić information content (AvgIpc) is 2.96. The lowest BCUT2D eigenvalue weighted by Crippen LogP contribution is -2.44. The van der Waals surface area contributed by atoms with Crippen LogP contribution in [0, 0.1) is 0 Å². The molecular weight excluding hydrogens is 517 g/mol. The molecule has 0 spiro atoms. The van der Waals surface area contributed by atoms with Gasteiger partial charge in [-0.3, -0.25) is 14.8 Å². The first-order chi connectivity index (χ1) is 19.3. The summed E-state index contributed by atoms with van der Waals surface area (Å²) < 4.78 is 42.5. The molecule has 1 aliphatic rings. The number of aromatic nitrogens is 2. The van der Waals surface area contributed by atoms with Gasteiger partial charge in [0.05, 0.1) is 27.8 Å². The predicted octanol–water partition coefficient (Wildman–Crippen LogP) is 5.72. The Morgan fingerprint density at radius 3 is 2.45 bits per heavy atom. The monoisotopic (exact) mass is 542 g/mol. The summed E-state index contributed by atoms with van der Waals surface area (Å²) in [7, 11) is 0. The zero-order valence-electron chi connectivity index (χ0n) is 21.3. The molecule has 4 N–H and O–H groups in total. The number of benzene rings is 3. The second-order valence-electron chi connectivity index (χ2n) is 9.65. The number of hydrogen-bond acceptors (Lipinski definition) is 6. The molecule has 202 valence electrons. The number of halogens is 3. The van der Waals surface area contributed by atoms with E-state index in [2.05, 4.69) is 20.6 Å². The van der Waals surface area contributed by atoms with Gasteiger partial charge in [0.25, 0.3) is 5.91 Å². The number of carbonyl (C=O) groups excluding carboxylic acids is 1. The highest BCUT2D eigenvalue weighted by Gasteiger charge is 2.35. The van der Waals surface area contributed by atoms with Crippen LogP contribution < -0.4 is 21.3 Å². The molecule has 1 aliphatic heterocycles. The molecular formula is C30H25F3N6O. The molecule has 3 heterocycles. The number of alkyl halides is 3. The van der Waals surface area contributed by atoms with Crippen molar-refractivity contribution in [3.63, 3.8) is 0 Å². The second-order valence-corrected chi connectivity index (χ2v) is 9.65. The Morgan fingerprint density at radius 1 is 0.900 bits per heavy atom. The molecule has 0 bridgehead atoms. The van der Waals surface area contributed by atoms with Crippen LogP contribution in [0.5, 0.6) is 0 Å². The molecule has 0 atom stereocenters. The van der Waals surface area contributed by atoms with E-state index in [1.54, 1.807) is 23.2 Å². The van der Waals surface area contributed by atoms with E-state index in [1.807, 2.05) is 42.5 Å². The van der Waals surface area contributed by atoms with E-state index in [9.17, 15) is 18.0 Å². The van der Waals surface area contributed by atoms with E-state index >= 15 is 0 Å². The molecule has 7 nitrogen and oxygen atoms in total. The van der Waals surface area contributed by atoms with E-state index in [0.29, 0.717) is 37.1 Å². The number of fused-ring (bicyclic) bond motifs is 2. The molecule has 0 unspecified atom stereocenters. The van der Waals surface area contributed by atoms with Gasteiger partial charge in [0, 0.05) is 66.3 Å². The number of piperazine rings is 1. The molecule has 0 radical (unpaired) electrons. The van der Waals surface area contributed by atoms with Crippen molar-refractivity contribution in [1.29, 1.82) is 0 Å². The molecule has 40 heavy (non-hydrogen) atoms. The highest BCUT2D eigenvalue weighted by Crippen LogP contribution is 2.40. The number of primary amides is 1. The fourth-order valence-corrected chi connectivity index (χ4v) is 5.09. The van der Waals surface area contributed by atoms with Crippen LogP contribution in [0.2, 0.25) is 0 Å². The van der Waals surface area contributed by atoms with Crippen LogP contribution in [0.4, 0.5) is 30.2 Å². The van der Waals surface area contributed by atoms with E-state index in [4.69, 9.17) is 5.73 Å². The minimum atomic E-state index is -4.57. The van der Waals surface area contributed by atoms with Gasteiger partial charge in [-0.2, -0.15) is 13.2 Å². The standard InChI is InChI=1S/C30H25F3N6O/c31-30(32,33)24-15-21(6-8-27(24)39-11-9-35-10-12-39)38-28-22-14-18(5-7-26(22)37-17-23(28)29(34)40)20-13-19-3-1-2-4-25(19)36-16-20/h1-8,13-17,35H,9-12H2,(H2,34,40)(H,37,38). The van der Waals surface area contributed by atoms with Crippen LogP contribution >= 0.6 is 0 Å². The van der Waals surface area contributed by atoms with Gasteiger partial charge in [0.2, 0.25) is 0 Å². The van der Waals surface area contributed by atoms with Crippen molar-refractivity contribution in [2.24, 2.45) is 5.73 Å². The van der Waals surface area contributed by atoms with Gasteiger partial charge in [-0.25, -0.2) is 0 Å². The van der Waals surface area contributed by atoms with Crippen molar-refractivity contribution < 1.29 is 18.0 Å². The Labute approximate surface area is 227 Å². The van der Waals surface area contributed by atoms with Crippen molar-refractivity contribution in [1.82, 2.24) is 15.3 Å². The third-order valence-electron chi connectivity index (χ3n) is 7.09. The molecule has 1 fully saturated rings. The summed E-state index contributed by atoms with van der Waals surface area (Å²) in [5, 5.41) is 7.72. The van der Waals surface area contributed by atoms with Crippen LogP contribution in [-0.4, -0.2) is 42.1 Å². The first-order valence-corrected chi connectivity index (χ1v) is 12.8. The number of rotatable bonds is 5. The average molecular weight is 543 g/mol. The normalized spacial score (nSPS) is 14.0. The number of nitrogens with one attached hydrogen (secondary N) is 2. The SMILES string of the molecule is NC(=O)c1cnc2ccc(-c3cnc4ccccc4c3)cc2c1Nc1ccc(N2CCNCC2)c(C(F)(F)F)c1. The lowest BCUT2D eigenvalue weighted by Gasteiger charge is -2.31. The lowest BCUT2D eigenvalue weighted by molar-refractivity contribution is -0.137. The largest absolute Gasteiger partial charge is 0.418 e. The van der Waals surface area contributed by atoms with Gasteiger partial charge in [-0.05, 0) is 48.0 Å². The minimum Gasteiger partial charge on any atom is -0.368 e. The summed E-state index contributed by atoms with van der Waals surface area (Å²) in [4.78, 5) is 23.0. The number of amides is 1. The van der Waals surface area contributed by atoms with Crippen molar-refractivity contribution in [2.75, 3.05) is 36.4 Å². The number of nitrogens with two attached hydrogens (primary N) is 1. The third kappa shape index (κ3) is 4.89. The third-order valence-corrected chi connectivity index (χ3v) is 7.09. The smallest absolute Gasteiger partial charge is 0.368 e. The van der Waals surface area contributed by atoms with Gasteiger partial charge < -0.3 is 21.3 Å². The van der Waals surface area contributed by atoms with Gasteiger partial charge in [-0.15, -0.1) is 0 Å². The molecule has 3 aromatic carbocycles. The first-order valence-electron chi connectivity index (χ1n) is 12.8. The molecule has 6 rings (SSSR count). The van der Waals surface area contributed by atoms with Crippen molar-refractivity contribution in [3.05, 3.63) is 90.3 Å². The number of pyridine rings is 2. The summed E-state index contributed by atoms with van der Waals surface area (Å²) in [6, 6.07) is 19.4. The predicted molar refractivity (Wildman–Crippen MR) is 151 cm³/mol. The van der Waals surface area contributed by atoms with Crippen molar-refractivity contribution in [2.45, 2.75) is 6.18 Å². The van der Waals surface area contributed by atoms with E-state index in [1.165, 1.54) is 12.3 Å². The lowest BCUT2D eigenvalue weighted by atomic mass is 10.0. The van der Waals surface area contributed by atoms with Crippen molar-refractivity contribution >= 4 is 44.8 Å². The highest BCUT2D eigenvalue weighted by molar-refractivity contribution is 6.08. The second kappa shape index (κ2) is 10.1. The maximum atomic E-state index is 14.2. The van der Waals surface area contributed by atoms with Crippen LogP contribution in [0.1, 0.15) is 15.9 Å². The quantitative estimate of drug-likeness (QED) is 0.263. The zero-order valence-corrected chi connectivity index (χ0v) is 21.3. The molecule has 2 aromatic heterocycles. The van der Waals surface area contributed by atoms with Crippen LogP contribution in [0.3, 0.4) is 0 Å². The topological polar surface area (TPSA) is 96.2 Å². The zero-order chi connectivity index (χ0) is 27.9. The van der Waals surface area contributed by atoms with Crippen molar-refractivity contribution in [3.8, 4) is 11.1 Å². The number of carbonyl (C=O) groups is 1. The molecule has 10 heteroatoms. The number of hydrogen-bond donors (Lipinski definition) is 3. The molecule has 0 aliphatic carbocycles. The van der Waals surface area contributed by atoms with E-state index in [-0.39, 0.29) is 22.6 Å². The van der Waals surface area contributed by atoms with E-state index < -0.39 is 17.6 Å². The first kappa shape index (κ1) is 25.6. The van der Waals surface area contributed by atoms with Crippen LogP contribution in [-0.2, 0) is 6.18 Å². The molecule has 0 saturated carbocycles. The highest BCUT2D eigenvalue weighted by atomic mass is 19.4. The Hall–Kier alpha value is -4.70. The summed E-state index contributed by atoms with van der Waals surface area (Å²) in [5.41, 5.74) is 8.65. The maximum absolute atomic E-state index is 14.2. The number of para-hydroxylation sites is 1. The fourth-order valence-electron chi connectivity index (χ4n) is 5.09. The Morgan fingerprint density at radius 2 is 1.68 bits per heavy atom. The Bertz CT molecular complexity index is 1750. The van der Waals surface area contributed by atoms with Crippen LogP contribution in [0.25, 0.3) is 32.9 Å². The molecule has 5 aromatic rings. The van der Waals surface area contributed by atoms with Crippen LogP contribution in [0.15, 0.2) is 79.1 Å². The summed E-state index contributed by atoms with van der Waals surface area (Å²) in [6.07, 6.45) is -1.47. The van der Waals surface area contributed by atoms with Gasteiger partial charge >= 0.3 is 6.18 Å². The van der Waals surface area contributed by atoms with Gasteiger partial charge in [-0.1, -0.05) is 24.3 Å². The number of nitrogens with zero attached hydrogens (tertiary/aromatic N) is 3. The summed E-state index contributed by atoms with van der Waals surface area (Å²) >= 11 is 0. The Kier molecular flexibility index (Phi) is 6.47. The number of anilines is 3. The van der Waals surface area contributed by atoms with E-state index in [0.717, 1.165) is 28.1 Å². The maximum Gasteiger partial charge on any atom is 0.418 e. The summed E-state index contributed by atoms with van der Waals surface area (Å²) in [5.74, 6) is -0.747. The fraction of sp³-hybridized carbons (Fsp3) is 0.167. The van der Waals surface area contributed by atoms with Gasteiger partial charge in [0.1, 0.15) is 0 Å².